The summed E-state index contributed by atoms with van der Waals surface area (Å²) in [7, 11) is 0. The van der Waals surface area contributed by atoms with Crippen molar-refractivity contribution >= 4 is 12.0 Å². The van der Waals surface area contributed by atoms with Gasteiger partial charge in [0, 0.05) is 24.7 Å². The van der Waals surface area contributed by atoms with Gasteiger partial charge in [-0.1, -0.05) is 48.5 Å². The number of hydrogen-bond acceptors (Lipinski definition) is 6. The number of likely N-dealkylation sites (tertiary alicyclic amines) is 1. The van der Waals surface area contributed by atoms with Crippen LogP contribution < -0.4 is 5.32 Å². The topological polar surface area (TPSA) is 113 Å². The van der Waals surface area contributed by atoms with Gasteiger partial charge in [-0.3, -0.25) is 4.79 Å². The molecule has 2 heterocycles. The van der Waals surface area contributed by atoms with Gasteiger partial charge in [0.15, 0.2) is 0 Å². The Bertz CT molecular complexity index is 977. The van der Waals surface area contributed by atoms with Crippen molar-refractivity contribution in [3.8, 4) is 11.4 Å². The minimum atomic E-state index is -0.377. The molecule has 148 valence electrons. The molecular formula is C20H20N6O3. The average Bonchev–Trinajstić information content (AvgIpc) is 3.45. The van der Waals surface area contributed by atoms with Crippen LogP contribution in [0, 0.1) is 0 Å². The lowest BCUT2D eigenvalue weighted by Gasteiger charge is -2.17. The van der Waals surface area contributed by atoms with E-state index in [0.717, 1.165) is 5.56 Å². The molecule has 29 heavy (non-hydrogen) atoms. The number of tetrazole rings is 1. The molecule has 1 aliphatic heterocycles. The van der Waals surface area contributed by atoms with E-state index in [-0.39, 0.29) is 24.6 Å². The number of carbonyl (C=O) groups excluding carboxylic acids is 2. The maximum Gasteiger partial charge on any atom is 0.410 e. The number of ether oxygens (including phenoxy) is 1. The molecule has 0 spiro atoms. The van der Waals surface area contributed by atoms with Gasteiger partial charge < -0.3 is 15.0 Å². The Hall–Kier alpha value is -3.75. The molecule has 0 radical (unpaired) electrons. The molecule has 1 aromatic heterocycles. The van der Waals surface area contributed by atoms with Gasteiger partial charge in [-0.25, -0.2) is 4.79 Å². The number of nitrogens with zero attached hydrogens (tertiary/aromatic N) is 4. The van der Waals surface area contributed by atoms with Crippen LogP contribution in [0.1, 0.15) is 22.3 Å². The summed E-state index contributed by atoms with van der Waals surface area (Å²) in [6.45, 7) is 1.17. The first-order valence-corrected chi connectivity index (χ1v) is 9.30. The van der Waals surface area contributed by atoms with Crippen molar-refractivity contribution in [2.24, 2.45) is 0 Å². The van der Waals surface area contributed by atoms with Gasteiger partial charge in [0.1, 0.15) is 6.61 Å². The number of aromatic nitrogens is 4. The van der Waals surface area contributed by atoms with Crippen LogP contribution in [0.15, 0.2) is 54.6 Å². The number of amides is 2. The lowest BCUT2D eigenvalue weighted by Crippen LogP contribution is -2.38. The summed E-state index contributed by atoms with van der Waals surface area (Å²) < 4.78 is 5.37. The summed E-state index contributed by atoms with van der Waals surface area (Å²) in [4.78, 5) is 26.7. The molecular weight excluding hydrogens is 372 g/mol. The first-order chi connectivity index (χ1) is 14.2. The van der Waals surface area contributed by atoms with Gasteiger partial charge in [0.05, 0.1) is 5.56 Å². The van der Waals surface area contributed by atoms with Gasteiger partial charge in [-0.2, -0.15) is 5.21 Å². The molecule has 1 atom stereocenters. The van der Waals surface area contributed by atoms with Crippen molar-refractivity contribution < 1.29 is 14.3 Å². The maximum atomic E-state index is 12.8. The van der Waals surface area contributed by atoms with Gasteiger partial charge in [-0.15, -0.1) is 10.2 Å². The molecule has 0 bridgehead atoms. The molecule has 2 N–H and O–H groups in total. The third-order valence-corrected chi connectivity index (χ3v) is 4.74. The molecule has 0 aliphatic carbocycles. The van der Waals surface area contributed by atoms with Gasteiger partial charge in [0.2, 0.25) is 5.82 Å². The molecule has 2 aromatic carbocycles. The van der Waals surface area contributed by atoms with Crippen LogP contribution in [0.5, 0.6) is 0 Å². The van der Waals surface area contributed by atoms with Crippen molar-refractivity contribution in [1.82, 2.24) is 30.8 Å². The number of carbonyl (C=O) groups is 2. The number of rotatable bonds is 5. The second-order valence-corrected chi connectivity index (χ2v) is 6.73. The second-order valence-electron chi connectivity index (χ2n) is 6.73. The molecule has 0 saturated carbocycles. The molecule has 2 amide bonds. The molecule has 1 fully saturated rings. The second kappa shape index (κ2) is 8.51. The van der Waals surface area contributed by atoms with Crippen LogP contribution in [0.25, 0.3) is 11.4 Å². The number of H-pyrrole nitrogens is 1. The van der Waals surface area contributed by atoms with Crippen molar-refractivity contribution in [3.63, 3.8) is 0 Å². The van der Waals surface area contributed by atoms with Gasteiger partial charge >= 0.3 is 6.09 Å². The SMILES string of the molecule is O=C(N[C@H]1CCN(C(=O)OCc2ccccc2)C1)c1ccccc1-c1nn[nH]n1. The Morgan fingerprint density at radius 1 is 1.14 bits per heavy atom. The van der Waals surface area contributed by atoms with Crippen molar-refractivity contribution in [2.75, 3.05) is 13.1 Å². The van der Waals surface area contributed by atoms with E-state index in [1.165, 1.54) is 0 Å². The Morgan fingerprint density at radius 3 is 2.72 bits per heavy atom. The minimum absolute atomic E-state index is 0.148. The fourth-order valence-corrected chi connectivity index (χ4v) is 3.27. The molecule has 1 saturated heterocycles. The highest BCUT2D eigenvalue weighted by Gasteiger charge is 2.29. The summed E-state index contributed by atoms with van der Waals surface area (Å²) in [5, 5.41) is 16.8. The zero-order valence-electron chi connectivity index (χ0n) is 15.6. The zero-order chi connectivity index (χ0) is 20.1. The summed E-state index contributed by atoms with van der Waals surface area (Å²) in [6.07, 6.45) is 0.286. The van der Waals surface area contributed by atoms with Crippen LogP contribution >= 0.6 is 0 Å². The Labute approximate surface area is 167 Å². The third-order valence-electron chi connectivity index (χ3n) is 4.74. The predicted octanol–water partition coefficient (Wildman–Crippen LogP) is 2.01. The van der Waals surface area contributed by atoms with Crippen molar-refractivity contribution in [2.45, 2.75) is 19.1 Å². The van der Waals surface area contributed by atoms with Gasteiger partial charge in [-0.05, 0) is 23.3 Å². The summed E-state index contributed by atoms with van der Waals surface area (Å²) in [5.74, 6) is 0.114. The van der Waals surface area contributed by atoms with Crippen LogP contribution in [-0.2, 0) is 11.3 Å². The Balaban J connectivity index is 1.33. The fraction of sp³-hybridized carbons (Fsp3) is 0.250. The van der Waals surface area contributed by atoms with E-state index in [1.807, 2.05) is 36.4 Å². The lowest BCUT2D eigenvalue weighted by molar-refractivity contribution is 0.0922. The van der Waals surface area contributed by atoms with Crippen LogP contribution in [0.2, 0.25) is 0 Å². The molecule has 9 heteroatoms. The van der Waals surface area contributed by atoms with Crippen LogP contribution in [-0.4, -0.2) is 56.7 Å². The van der Waals surface area contributed by atoms with Crippen molar-refractivity contribution in [1.29, 1.82) is 0 Å². The normalized spacial score (nSPS) is 15.9. The zero-order valence-corrected chi connectivity index (χ0v) is 15.6. The number of nitrogens with one attached hydrogen (secondary N) is 2. The highest BCUT2D eigenvalue weighted by atomic mass is 16.6. The molecule has 1 aliphatic rings. The molecule has 0 unspecified atom stereocenters. The standard InChI is InChI=1S/C20H20N6O3/c27-19(17-9-5-4-8-16(17)18-22-24-25-23-18)21-15-10-11-26(12-15)20(28)29-13-14-6-2-1-3-7-14/h1-9,15H,10-13H2,(H,21,27)(H,22,23,24,25)/t15-/m0/s1. The third kappa shape index (κ3) is 4.40. The average molecular weight is 392 g/mol. The van der Waals surface area contributed by atoms with E-state index >= 15 is 0 Å². The van der Waals surface area contributed by atoms with E-state index in [4.69, 9.17) is 4.74 Å². The molecule has 3 aromatic rings. The van der Waals surface area contributed by atoms with E-state index in [0.29, 0.717) is 36.5 Å². The lowest BCUT2D eigenvalue weighted by atomic mass is 10.1. The minimum Gasteiger partial charge on any atom is -0.445 e. The quantitative estimate of drug-likeness (QED) is 0.687. The maximum absolute atomic E-state index is 12.8. The number of hydrogen-bond donors (Lipinski definition) is 2. The highest BCUT2D eigenvalue weighted by molar-refractivity contribution is 6.00. The van der Waals surface area contributed by atoms with E-state index < -0.39 is 0 Å². The Kier molecular flexibility index (Phi) is 5.46. The van der Waals surface area contributed by atoms with E-state index in [2.05, 4.69) is 25.9 Å². The van der Waals surface area contributed by atoms with Crippen molar-refractivity contribution in [3.05, 3.63) is 65.7 Å². The monoisotopic (exact) mass is 392 g/mol. The van der Waals surface area contributed by atoms with Gasteiger partial charge in [0.25, 0.3) is 5.91 Å². The summed E-state index contributed by atoms with van der Waals surface area (Å²) >= 11 is 0. The summed E-state index contributed by atoms with van der Waals surface area (Å²) in [6, 6.07) is 16.4. The fourth-order valence-electron chi connectivity index (χ4n) is 3.27. The predicted molar refractivity (Wildman–Crippen MR) is 104 cm³/mol. The first kappa shape index (κ1) is 18.6. The largest absolute Gasteiger partial charge is 0.445 e. The highest BCUT2D eigenvalue weighted by Crippen LogP contribution is 2.20. The molecule has 9 nitrogen and oxygen atoms in total. The van der Waals surface area contributed by atoms with E-state index in [1.54, 1.807) is 23.1 Å². The van der Waals surface area contributed by atoms with E-state index in [9.17, 15) is 9.59 Å². The molecule has 4 rings (SSSR count). The number of aromatic amines is 1. The number of benzene rings is 2. The first-order valence-electron chi connectivity index (χ1n) is 9.30. The summed E-state index contributed by atoms with van der Waals surface area (Å²) in [5.41, 5.74) is 1.98. The Morgan fingerprint density at radius 2 is 1.93 bits per heavy atom. The van der Waals surface area contributed by atoms with Crippen LogP contribution in [0.3, 0.4) is 0 Å². The smallest absolute Gasteiger partial charge is 0.410 e. The van der Waals surface area contributed by atoms with Crippen LogP contribution in [0.4, 0.5) is 4.79 Å².